The molecular weight excluding hydrogens is 353 g/mol. The number of ether oxygens (including phenoxy) is 1. The maximum absolute atomic E-state index is 13.3. The van der Waals surface area contributed by atoms with E-state index in [4.69, 9.17) is 16.3 Å². The van der Waals surface area contributed by atoms with Gasteiger partial charge >= 0.3 is 0 Å². The van der Waals surface area contributed by atoms with Crippen LogP contribution < -0.4 is 4.74 Å². The van der Waals surface area contributed by atoms with Gasteiger partial charge in [-0.3, -0.25) is 0 Å². The smallest absolute Gasteiger partial charge is 0.149 e. The van der Waals surface area contributed by atoms with Crippen molar-refractivity contribution in [2.45, 2.75) is 26.4 Å². The van der Waals surface area contributed by atoms with Gasteiger partial charge in [0.1, 0.15) is 23.5 Å². The number of H-pyrrole nitrogens is 1. The topological polar surface area (TPSA) is 61.7 Å². The highest BCUT2D eigenvalue weighted by molar-refractivity contribution is 6.32. The van der Waals surface area contributed by atoms with Gasteiger partial charge in [-0.25, -0.2) is 9.37 Å². The van der Waals surface area contributed by atoms with Crippen LogP contribution in [0.3, 0.4) is 0 Å². The number of halogens is 2. The summed E-state index contributed by atoms with van der Waals surface area (Å²) >= 11 is 6.28. The molecule has 1 atom stereocenters. The number of nitriles is 1. The molecule has 6 heteroatoms. The number of nitrogens with one attached hydrogen (secondary N) is 1. The zero-order valence-corrected chi connectivity index (χ0v) is 15.1. The van der Waals surface area contributed by atoms with E-state index < -0.39 is 0 Å². The molecule has 132 valence electrons. The Bertz CT molecular complexity index is 1020. The van der Waals surface area contributed by atoms with E-state index in [2.05, 4.69) is 16.0 Å². The third-order valence-corrected chi connectivity index (χ3v) is 4.28. The van der Waals surface area contributed by atoms with Crippen molar-refractivity contribution in [3.05, 3.63) is 58.6 Å². The molecule has 3 rings (SSSR count). The molecule has 3 aromatic rings. The minimum atomic E-state index is -0.362. The van der Waals surface area contributed by atoms with Gasteiger partial charge in [-0.15, -0.1) is 0 Å². The van der Waals surface area contributed by atoms with Gasteiger partial charge in [0.15, 0.2) is 0 Å². The summed E-state index contributed by atoms with van der Waals surface area (Å²) in [5, 5.41) is 9.96. The summed E-state index contributed by atoms with van der Waals surface area (Å²) in [6, 6.07) is 11.7. The van der Waals surface area contributed by atoms with Crippen LogP contribution in [0.2, 0.25) is 5.02 Å². The maximum Gasteiger partial charge on any atom is 0.149 e. The highest BCUT2D eigenvalue weighted by atomic mass is 35.5. The molecule has 0 radical (unpaired) electrons. The van der Waals surface area contributed by atoms with Crippen molar-refractivity contribution < 1.29 is 9.13 Å². The molecule has 0 bridgehead atoms. The molecular formula is C20H17ClFN3O. The molecule has 0 aliphatic rings. The lowest BCUT2D eigenvalue weighted by Crippen LogP contribution is -2.09. The number of fused-ring (bicyclic) bond motifs is 1. The van der Waals surface area contributed by atoms with E-state index in [1.165, 1.54) is 12.1 Å². The van der Waals surface area contributed by atoms with Crippen molar-refractivity contribution in [2.24, 2.45) is 0 Å². The number of allylic oxidation sites excluding steroid dienone is 1. The number of aromatic amines is 1. The first-order valence-electron chi connectivity index (χ1n) is 8.23. The van der Waals surface area contributed by atoms with E-state index >= 15 is 0 Å². The molecule has 1 aromatic heterocycles. The van der Waals surface area contributed by atoms with Gasteiger partial charge in [0.2, 0.25) is 0 Å². The Balaban J connectivity index is 1.93. The quantitative estimate of drug-likeness (QED) is 0.595. The van der Waals surface area contributed by atoms with Crippen molar-refractivity contribution in [2.75, 3.05) is 0 Å². The molecule has 1 heterocycles. The van der Waals surface area contributed by atoms with Crippen LogP contribution in [0.25, 0.3) is 22.7 Å². The predicted molar refractivity (Wildman–Crippen MR) is 101 cm³/mol. The van der Waals surface area contributed by atoms with Crippen molar-refractivity contribution >= 4 is 34.3 Å². The van der Waals surface area contributed by atoms with E-state index in [1.807, 2.05) is 19.9 Å². The van der Waals surface area contributed by atoms with Gasteiger partial charge in [-0.05, 0) is 55.3 Å². The molecule has 0 saturated heterocycles. The number of nitrogens with zero attached hydrogens (tertiary/aromatic N) is 2. The Morgan fingerprint density at radius 3 is 2.88 bits per heavy atom. The number of benzene rings is 2. The minimum absolute atomic E-state index is 0.0690. The second-order valence-electron chi connectivity index (χ2n) is 5.94. The monoisotopic (exact) mass is 369 g/mol. The number of hydrogen-bond acceptors (Lipinski definition) is 3. The third kappa shape index (κ3) is 3.87. The molecule has 0 aliphatic carbocycles. The number of rotatable bonds is 5. The largest absolute Gasteiger partial charge is 0.489 e. The lowest BCUT2D eigenvalue weighted by molar-refractivity contribution is 0.217. The number of imidazole rings is 1. The molecule has 4 nitrogen and oxygen atoms in total. The summed E-state index contributed by atoms with van der Waals surface area (Å²) in [6.07, 6.45) is 2.62. The fourth-order valence-electron chi connectivity index (χ4n) is 2.43. The Labute approximate surface area is 155 Å². The maximum atomic E-state index is 13.3. The molecule has 26 heavy (non-hydrogen) atoms. The summed E-state index contributed by atoms with van der Waals surface area (Å²) in [7, 11) is 0. The predicted octanol–water partition coefficient (Wildman–Crippen LogP) is 5.60. The van der Waals surface area contributed by atoms with Crippen LogP contribution in [-0.4, -0.2) is 16.1 Å². The standard InChI is InChI=1S/C20H17ClFN3O/c1-3-12(2)26-19-7-4-13(9-16(19)21)8-14(11-23)20-24-17-6-5-15(22)10-18(17)25-20/h4-10,12H,3H2,1-2H3,(H,24,25)/b14-8-/t12-/m0/s1. The van der Waals surface area contributed by atoms with Crippen LogP contribution >= 0.6 is 11.6 Å². The Hall–Kier alpha value is -2.84. The van der Waals surface area contributed by atoms with E-state index in [-0.39, 0.29) is 11.9 Å². The van der Waals surface area contributed by atoms with E-state index in [1.54, 1.807) is 24.3 Å². The zero-order valence-electron chi connectivity index (χ0n) is 14.4. The van der Waals surface area contributed by atoms with E-state index in [0.717, 1.165) is 12.0 Å². The van der Waals surface area contributed by atoms with Crippen LogP contribution in [0.5, 0.6) is 5.75 Å². The fourth-order valence-corrected chi connectivity index (χ4v) is 2.67. The summed E-state index contributed by atoms with van der Waals surface area (Å²) in [5.41, 5.74) is 2.21. The summed E-state index contributed by atoms with van der Waals surface area (Å²) in [6.45, 7) is 4.01. The molecule has 0 aliphatic heterocycles. The highest BCUT2D eigenvalue weighted by Gasteiger charge is 2.10. The Morgan fingerprint density at radius 1 is 1.38 bits per heavy atom. The molecule has 0 spiro atoms. The number of hydrogen-bond donors (Lipinski definition) is 1. The van der Waals surface area contributed by atoms with E-state index in [9.17, 15) is 9.65 Å². The first-order chi connectivity index (χ1) is 12.5. The Kier molecular flexibility index (Phi) is 5.24. The van der Waals surface area contributed by atoms with Gasteiger partial charge < -0.3 is 9.72 Å². The zero-order chi connectivity index (χ0) is 18.7. The van der Waals surface area contributed by atoms with Gasteiger partial charge in [-0.2, -0.15) is 5.26 Å². The molecule has 0 amide bonds. The molecule has 0 unspecified atom stereocenters. The van der Waals surface area contributed by atoms with Crippen molar-refractivity contribution in [1.82, 2.24) is 9.97 Å². The van der Waals surface area contributed by atoms with Crippen LogP contribution in [0.15, 0.2) is 36.4 Å². The second kappa shape index (κ2) is 7.59. The van der Waals surface area contributed by atoms with E-state index in [0.29, 0.717) is 33.2 Å². The summed E-state index contributed by atoms with van der Waals surface area (Å²) in [4.78, 5) is 7.31. The fraction of sp³-hybridized carbons (Fsp3) is 0.200. The van der Waals surface area contributed by atoms with Crippen LogP contribution in [0, 0.1) is 17.1 Å². The molecule has 2 aromatic carbocycles. The van der Waals surface area contributed by atoms with Crippen LogP contribution in [0.4, 0.5) is 4.39 Å². The molecule has 0 fully saturated rings. The molecule has 0 saturated carbocycles. The van der Waals surface area contributed by atoms with Crippen LogP contribution in [0.1, 0.15) is 31.7 Å². The lowest BCUT2D eigenvalue weighted by atomic mass is 10.1. The van der Waals surface area contributed by atoms with Crippen molar-refractivity contribution in [3.63, 3.8) is 0 Å². The average Bonchev–Trinajstić information content (AvgIpc) is 3.04. The first kappa shape index (κ1) is 18.0. The summed E-state index contributed by atoms with van der Waals surface area (Å²) in [5.74, 6) is 0.624. The highest BCUT2D eigenvalue weighted by Crippen LogP contribution is 2.28. The minimum Gasteiger partial charge on any atom is -0.489 e. The normalized spacial score (nSPS) is 12.8. The first-order valence-corrected chi connectivity index (χ1v) is 8.61. The lowest BCUT2D eigenvalue weighted by Gasteiger charge is -2.14. The van der Waals surface area contributed by atoms with Gasteiger partial charge in [0, 0.05) is 0 Å². The molecule has 1 N–H and O–H groups in total. The SMILES string of the molecule is CC[C@H](C)Oc1ccc(/C=C(/C#N)c2nc3ccc(F)cc3[nH]2)cc1Cl. The van der Waals surface area contributed by atoms with Gasteiger partial charge in [-0.1, -0.05) is 24.6 Å². The van der Waals surface area contributed by atoms with Crippen LogP contribution in [-0.2, 0) is 0 Å². The average molecular weight is 370 g/mol. The summed E-state index contributed by atoms with van der Waals surface area (Å²) < 4.78 is 19.1. The Morgan fingerprint density at radius 2 is 2.19 bits per heavy atom. The van der Waals surface area contributed by atoms with Crippen molar-refractivity contribution in [1.29, 1.82) is 5.26 Å². The number of aromatic nitrogens is 2. The van der Waals surface area contributed by atoms with Gasteiger partial charge in [0.25, 0.3) is 0 Å². The second-order valence-corrected chi connectivity index (χ2v) is 6.35. The van der Waals surface area contributed by atoms with Gasteiger partial charge in [0.05, 0.1) is 27.7 Å². The van der Waals surface area contributed by atoms with Crippen molar-refractivity contribution in [3.8, 4) is 11.8 Å². The third-order valence-electron chi connectivity index (χ3n) is 3.99.